The Bertz CT molecular complexity index is 795. The first-order valence-corrected chi connectivity index (χ1v) is 19.9. The monoisotopic (exact) mass is 651 g/mol. The fourth-order valence-electron chi connectivity index (χ4n) is 7.93. The number of carbonyl (C=O) groups is 2. The number of unbranched alkanes of at least 4 members (excludes halogenated alkanes) is 11. The third-order valence-corrected chi connectivity index (χ3v) is 10.2. The first-order chi connectivity index (χ1) is 21.7. The van der Waals surface area contributed by atoms with E-state index in [0.717, 1.165) is 25.7 Å². The Morgan fingerprint density at radius 3 is 1.41 bits per heavy atom. The molecule has 0 saturated carbocycles. The predicted molar refractivity (Wildman–Crippen MR) is 200 cm³/mol. The molecule has 0 spiro atoms. The molecule has 0 aromatic rings. The summed E-state index contributed by atoms with van der Waals surface area (Å²) in [6, 6.07) is 0. The number of hydrogen-bond acceptors (Lipinski definition) is 3. The summed E-state index contributed by atoms with van der Waals surface area (Å²) in [6.07, 6.45) is 23.7. The second kappa shape index (κ2) is 24.1. The zero-order valence-corrected chi connectivity index (χ0v) is 33.1. The molecular formula is C41H82N2O3. The van der Waals surface area contributed by atoms with E-state index in [4.69, 9.17) is 4.74 Å². The zero-order chi connectivity index (χ0) is 35.1. The Morgan fingerprint density at radius 1 is 0.587 bits per heavy atom. The highest BCUT2D eigenvalue weighted by Gasteiger charge is 2.50. The normalized spacial score (nSPS) is 14.9. The average molecular weight is 651 g/mol. The van der Waals surface area contributed by atoms with Crippen molar-refractivity contribution in [2.75, 3.05) is 19.8 Å². The largest absolute Gasteiger partial charge is 0.380 e. The highest BCUT2D eigenvalue weighted by Crippen LogP contribution is 2.45. The maximum atomic E-state index is 15.4. The van der Waals surface area contributed by atoms with E-state index in [1.54, 1.807) is 0 Å². The van der Waals surface area contributed by atoms with Crippen LogP contribution in [0.15, 0.2) is 0 Å². The third-order valence-electron chi connectivity index (χ3n) is 10.2. The molecule has 5 heteroatoms. The second-order valence-electron chi connectivity index (χ2n) is 16.5. The standard InChI is InChI=1S/C41H82N2O3/c1-12-17-21-23-27-31-41(11,29-25-20-15-4)43(40(10,28-24-19-14-3)30-26-22-18-13-2)37(45)39(8,9)35-38(6,7)34-36(44)42-32-33-46-16-5/h12-35H2,1-11H3,(H,42,44). The molecule has 2 unspecified atom stereocenters. The van der Waals surface area contributed by atoms with Crippen LogP contribution in [0.4, 0.5) is 0 Å². The van der Waals surface area contributed by atoms with Crippen molar-refractivity contribution in [1.29, 1.82) is 0 Å². The van der Waals surface area contributed by atoms with Gasteiger partial charge >= 0.3 is 0 Å². The average Bonchev–Trinajstić information content (AvgIpc) is 2.97. The number of amides is 2. The molecule has 0 aliphatic heterocycles. The summed E-state index contributed by atoms with van der Waals surface area (Å²) >= 11 is 0. The summed E-state index contributed by atoms with van der Waals surface area (Å²) < 4.78 is 5.41. The zero-order valence-electron chi connectivity index (χ0n) is 33.1. The lowest BCUT2D eigenvalue weighted by atomic mass is 9.70. The van der Waals surface area contributed by atoms with Crippen LogP contribution in [0.1, 0.15) is 211 Å². The van der Waals surface area contributed by atoms with E-state index in [-0.39, 0.29) is 22.4 Å². The van der Waals surface area contributed by atoms with E-state index < -0.39 is 5.41 Å². The van der Waals surface area contributed by atoms with Gasteiger partial charge in [0.15, 0.2) is 0 Å². The van der Waals surface area contributed by atoms with Crippen LogP contribution >= 0.6 is 0 Å². The number of nitrogens with zero attached hydrogens (tertiary/aromatic N) is 1. The van der Waals surface area contributed by atoms with Gasteiger partial charge in [-0.1, -0.05) is 152 Å². The van der Waals surface area contributed by atoms with Crippen molar-refractivity contribution >= 4 is 11.8 Å². The maximum absolute atomic E-state index is 15.4. The highest BCUT2D eigenvalue weighted by molar-refractivity contribution is 5.84. The molecule has 2 amide bonds. The van der Waals surface area contributed by atoms with Crippen molar-refractivity contribution in [2.24, 2.45) is 10.8 Å². The van der Waals surface area contributed by atoms with Gasteiger partial charge in [-0.3, -0.25) is 9.59 Å². The van der Waals surface area contributed by atoms with Crippen LogP contribution in [-0.4, -0.2) is 47.6 Å². The topological polar surface area (TPSA) is 58.6 Å². The summed E-state index contributed by atoms with van der Waals surface area (Å²) in [7, 11) is 0. The summed E-state index contributed by atoms with van der Waals surface area (Å²) in [5, 5.41) is 3.03. The molecule has 0 heterocycles. The number of nitrogens with one attached hydrogen (secondary N) is 1. The van der Waals surface area contributed by atoms with Gasteiger partial charge in [-0.05, 0) is 58.3 Å². The number of carbonyl (C=O) groups excluding carboxylic acids is 2. The minimum absolute atomic E-state index is 0.0432. The summed E-state index contributed by atoms with van der Waals surface area (Å²) in [4.78, 5) is 30.8. The van der Waals surface area contributed by atoms with E-state index in [1.165, 1.54) is 96.3 Å². The maximum Gasteiger partial charge on any atom is 0.229 e. The molecule has 0 fully saturated rings. The van der Waals surface area contributed by atoms with Crippen molar-refractivity contribution in [1.82, 2.24) is 10.2 Å². The third kappa shape index (κ3) is 17.9. The van der Waals surface area contributed by atoms with Gasteiger partial charge in [0.2, 0.25) is 11.8 Å². The molecule has 0 aliphatic rings. The Hall–Kier alpha value is -1.10. The molecule has 0 aromatic carbocycles. The van der Waals surface area contributed by atoms with Gasteiger partial charge in [0.25, 0.3) is 0 Å². The SMILES string of the molecule is CCCCCCCC(C)(CCCCC)N(C(=O)C(C)(C)CC(C)(C)CC(=O)NCCOCC)C(C)(CCCCC)CCCCCC. The molecular weight excluding hydrogens is 568 g/mol. The number of hydrogen-bond donors (Lipinski definition) is 1. The number of rotatable bonds is 30. The van der Waals surface area contributed by atoms with Gasteiger partial charge in [0.1, 0.15) is 0 Å². The fraction of sp³-hybridized carbons (Fsp3) is 0.951. The summed E-state index contributed by atoms with van der Waals surface area (Å²) in [5.41, 5.74) is -1.25. The van der Waals surface area contributed by atoms with Crippen LogP contribution in [0.2, 0.25) is 0 Å². The minimum atomic E-state index is -0.585. The van der Waals surface area contributed by atoms with Crippen LogP contribution in [0, 0.1) is 10.8 Å². The number of ether oxygens (including phenoxy) is 1. The van der Waals surface area contributed by atoms with Crippen molar-refractivity contribution in [3.8, 4) is 0 Å². The molecule has 0 aromatic heterocycles. The molecule has 0 radical (unpaired) electrons. The molecule has 0 aliphatic carbocycles. The van der Waals surface area contributed by atoms with E-state index in [9.17, 15) is 4.79 Å². The lowest BCUT2D eigenvalue weighted by Crippen LogP contribution is -2.64. The lowest BCUT2D eigenvalue weighted by molar-refractivity contribution is -0.161. The van der Waals surface area contributed by atoms with Crippen molar-refractivity contribution in [3.63, 3.8) is 0 Å². The van der Waals surface area contributed by atoms with Gasteiger partial charge in [-0.15, -0.1) is 0 Å². The van der Waals surface area contributed by atoms with Gasteiger partial charge in [0.05, 0.1) is 6.61 Å². The Labute approximate surface area is 288 Å². The van der Waals surface area contributed by atoms with Crippen LogP contribution < -0.4 is 5.32 Å². The molecule has 274 valence electrons. The van der Waals surface area contributed by atoms with E-state index in [2.05, 4.69) is 79.5 Å². The molecule has 0 bridgehead atoms. The van der Waals surface area contributed by atoms with Gasteiger partial charge in [-0.25, -0.2) is 0 Å². The van der Waals surface area contributed by atoms with Crippen molar-refractivity contribution in [2.45, 2.75) is 222 Å². The minimum Gasteiger partial charge on any atom is -0.380 e. The van der Waals surface area contributed by atoms with Crippen LogP contribution in [0.25, 0.3) is 0 Å². The Balaban J connectivity index is 6.63. The molecule has 2 atom stereocenters. The second-order valence-corrected chi connectivity index (χ2v) is 16.5. The quantitative estimate of drug-likeness (QED) is 0.0787. The van der Waals surface area contributed by atoms with Crippen molar-refractivity contribution < 1.29 is 14.3 Å². The summed E-state index contributed by atoms with van der Waals surface area (Å²) in [5.74, 6) is 0.348. The lowest BCUT2D eigenvalue weighted by Gasteiger charge is -2.55. The fourth-order valence-corrected chi connectivity index (χ4v) is 7.93. The Morgan fingerprint density at radius 2 is 0.978 bits per heavy atom. The molecule has 0 saturated heterocycles. The summed E-state index contributed by atoms with van der Waals surface area (Å²) in [6.45, 7) is 26.3. The van der Waals surface area contributed by atoms with Crippen LogP contribution in [0.5, 0.6) is 0 Å². The first-order valence-electron chi connectivity index (χ1n) is 19.9. The van der Waals surface area contributed by atoms with Crippen LogP contribution in [0.3, 0.4) is 0 Å². The van der Waals surface area contributed by atoms with Gasteiger partial charge in [-0.2, -0.15) is 0 Å². The molecule has 5 nitrogen and oxygen atoms in total. The predicted octanol–water partition coefficient (Wildman–Crippen LogP) is 11.8. The molecule has 46 heavy (non-hydrogen) atoms. The first kappa shape index (κ1) is 44.9. The smallest absolute Gasteiger partial charge is 0.229 e. The van der Waals surface area contributed by atoms with Gasteiger partial charge in [0, 0.05) is 36.1 Å². The highest BCUT2D eigenvalue weighted by atomic mass is 16.5. The Kier molecular flexibility index (Phi) is 23.5. The van der Waals surface area contributed by atoms with Crippen molar-refractivity contribution in [3.05, 3.63) is 0 Å². The van der Waals surface area contributed by atoms with E-state index in [1.807, 2.05) is 6.92 Å². The van der Waals surface area contributed by atoms with E-state index >= 15 is 4.79 Å². The molecule has 1 N–H and O–H groups in total. The van der Waals surface area contributed by atoms with Gasteiger partial charge < -0.3 is 15.0 Å². The van der Waals surface area contributed by atoms with E-state index in [0.29, 0.717) is 38.5 Å². The van der Waals surface area contributed by atoms with Crippen LogP contribution in [-0.2, 0) is 14.3 Å². The molecule has 0 rings (SSSR count).